The van der Waals surface area contributed by atoms with E-state index in [1.807, 2.05) is 0 Å². The summed E-state index contributed by atoms with van der Waals surface area (Å²) in [4.78, 5) is 28.1. The molecule has 7 nitrogen and oxygen atoms in total. The zero-order valence-electron chi connectivity index (χ0n) is 16.5. The molecule has 164 valence electrons. The summed E-state index contributed by atoms with van der Waals surface area (Å²) < 4.78 is 59.1. The maximum Gasteiger partial charge on any atom is 0.449 e. The second-order valence-corrected chi connectivity index (χ2v) is 7.08. The Morgan fingerprint density at radius 2 is 1.68 bits per heavy atom. The molecule has 0 radical (unpaired) electrons. The van der Waals surface area contributed by atoms with Gasteiger partial charge in [-0.2, -0.15) is 13.2 Å². The lowest BCUT2D eigenvalue weighted by Crippen LogP contribution is -2.53. The Morgan fingerprint density at radius 1 is 1.03 bits per heavy atom. The number of aromatic nitrogens is 2. The number of hydrazine groups is 1. The average molecular weight is 438 g/mol. The maximum absolute atomic E-state index is 13.3. The minimum absolute atomic E-state index is 0.0838. The van der Waals surface area contributed by atoms with Gasteiger partial charge in [0, 0.05) is 0 Å². The maximum atomic E-state index is 13.3. The molecule has 1 aromatic heterocycles. The van der Waals surface area contributed by atoms with Crippen LogP contribution in [-0.4, -0.2) is 27.0 Å². The molecule has 2 aromatic carbocycles. The molecule has 0 saturated heterocycles. The predicted molar refractivity (Wildman–Crippen MR) is 102 cm³/mol. The number of para-hydroxylation sites is 2. The molecule has 11 heteroatoms. The first-order valence-corrected chi connectivity index (χ1v) is 9.04. The van der Waals surface area contributed by atoms with Crippen LogP contribution in [0.1, 0.15) is 19.7 Å². The van der Waals surface area contributed by atoms with Crippen LogP contribution >= 0.6 is 0 Å². The number of rotatable bonds is 5. The minimum Gasteiger partial charge on any atom is -0.478 e. The third kappa shape index (κ3) is 5.11. The van der Waals surface area contributed by atoms with Crippen molar-refractivity contribution < 1.29 is 31.9 Å². The smallest absolute Gasteiger partial charge is 0.449 e. The first-order chi connectivity index (χ1) is 14.5. The van der Waals surface area contributed by atoms with E-state index in [2.05, 4.69) is 15.8 Å². The molecule has 2 N–H and O–H groups in total. The SMILES string of the molecule is CC(C)(Oc1ccc(F)cc1)C(=O)NNC(=O)Cn1c(C(F)(F)F)nc2ccccc21. The monoisotopic (exact) mass is 438 g/mol. The Kier molecular flexibility index (Phi) is 5.87. The van der Waals surface area contributed by atoms with Gasteiger partial charge in [-0.3, -0.25) is 20.4 Å². The van der Waals surface area contributed by atoms with E-state index in [-0.39, 0.29) is 16.8 Å². The van der Waals surface area contributed by atoms with Gasteiger partial charge >= 0.3 is 6.18 Å². The van der Waals surface area contributed by atoms with E-state index >= 15 is 0 Å². The van der Waals surface area contributed by atoms with Crippen molar-refractivity contribution in [1.82, 2.24) is 20.4 Å². The van der Waals surface area contributed by atoms with Gasteiger partial charge in [0.15, 0.2) is 5.60 Å². The van der Waals surface area contributed by atoms with Gasteiger partial charge in [-0.05, 0) is 50.2 Å². The molecular formula is C20H18F4N4O3. The first-order valence-electron chi connectivity index (χ1n) is 9.04. The minimum atomic E-state index is -4.77. The highest BCUT2D eigenvalue weighted by atomic mass is 19.4. The summed E-state index contributed by atoms with van der Waals surface area (Å²) in [5.41, 5.74) is 2.93. The quantitative estimate of drug-likeness (QED) is 0.473. The summed E-state index contributed by atoms with van der Waals surface area (Å²) in [6.07, 6.45) is -4.77. The zero-order chi connectivity index (χ0) is 22.8. The largest absolute Gasteiger partial charge is 0.478 e. The summed E-state index contributed by atoms with van der Waals surface area (Å²) in [6, 6.07) is 10.8. The lowest BCUT2D eigenvalue weighted by Gasteiger charge is -2.25. The molecule has 0 aliphatic carbocycles. The molecule has 0 bridgehead atoms. The summed E-state index contributed by atoms with van der Waals surface area (Å²) >= 11 is 0. The van der Waals surface area contributed by atoms with Crippen molar-refractivity contribution in [2.24, 2.45) is 0 Å². The number of imidazole rings is 1. The summed E-state index contributed by atoms with van der Waals surface area (Å²) in [5, 5.41) is 0. The van der Waals surface area contributed by atoms with Crippen LogP contribution in [0.15, 0.2) is 48.5 Å². The number of amides is 2. The highest BCUT2D eigenvalue weighted by Crippen LogP contribution is 2.31. The van der Waals surface area contributed by atoms with Crippen LogP contribution in [0.2, 0.25) is 0 Å². The highest BCUT2D eigenvalue weighted by Gasteiger charge is 2.38. The normalized spacial score (nSPS) is 11.9. The van der Waals surface area contributed by atoms with Crippen LogP contribution in [0, 0.1) is 5.82 Å². The van der Waals surface area contributed by atoms with E-state index < -0.39 is 41.8 Å². The number of hydrogen-bond donors (Lipinski definition) is 2. The van der Waals surface area contributed by atoms with Gasteiger partial charge < -0.3 is 9.30 Å². The van der Waals surface area contributed by atoms with Crippen LogP contribution in [0.5, 0.6) is 5.75 Å². The highest BCUT2D eigenvalue weighted by molar-refractivity contribution is 5.88. The number of fused-ring (bicyclic) bond motifs is 1. The van der Waals surface area contributed by atoms with Crippen molar-refractivity contribution in [1.29, 1.82) is 0 Å². The number of carbonyl (C=O) groups excluding carboxylic acids is 2. The second kappa shape index (κ2) is 8.25. The summed E-state index contributed by atoms with van der Waals surface area (Å²) in [7, 11) is 0. The number of alkyl halides is 3. The predicted octanol–water partition coefficient (Wildman–Crippen LogP) is 3.20. The average Bonchev–Trinajstić information content (AvgIpc) is 3.06. The van der Waals surface area contributed by atoms with Gasteiger partial charge in [-0.1, -0.05) is 12.1 Å². The van der Waals surface area contributed by atoms with E-state index in [1.165, 1.54) is 50.2 Å². The van der Waals surface area contributed by atoms with Crippen LogP contribution in [0.4, 0.5) is 17.6 Å². The number of hydrogen-bond acceptors (Lipinski definition) is 4. The molecule has 0 aliphatic rings. The van der Waals surface area contributed by atoms with Crippen LogP contribution < -0.4 is 15.6 Å². The van der Waals surface area contributed by atoms with E-state index in [0.717, 1.165) is 16.7 Å². The molecular weight excluding hydrogens is 420 g/mol. The van der Waals surface area contributed by atoms with Crippen LogP contribution in [0.25, 0.3) is 11.0 Å². The standard InChI is InChI=1S/C20H18F4N4O3/c1-19(2,31-13-9-7-12(21)8-10-13)18(30)27-26-16(29)11-28-15-6-4-3-5-14(15)25-17(28)20(22,23)24/h3-10H,11H2,1-2H3,(H,26,29)(H,27,30). The Balaban J connectivity index is 1.67. The number of benzene rings is 2. The Labute approximate surface area is 174 Å². The van der Waals surface area contributed by atoms with Crippen molar-refractivity contribution in [3.8, 4) is 5.75 Å². The molecule has 0 aliphatic heterocycles. The van der Waals surface area contributed by atoms with E-state index in [9.17, 15) is 27.2 Å². The van der Waals surface area contributed by atoms with Crippen molar-refractivity contribution in [3.05, 3.63) is 60.2 Å². The Bertz CT molecular complexity index is 1110. The molecule has 0 atom stereocenters. The van der Waals surface area contributed by atoms with Crippen molar-refractivity contribution >= 4 is 22.8 Å². The molecule has 2 amide bonds. The fraction of sp³-hybridized carbons (Fsp3) is 0.250. The number of carbonyl (C=O) groups is 2. The molecule has 0 fully saturated rings. The lowest BCUT2D eigenvalue weighted by molar-refractivity contribution is -0.147. The van der Waals surface area contributed by atoms with Gasteiger partial charge in [0.1, 0.15) is 18.1 Å². The molecule has 3 aromatic rings. The number of ether oxygens (including phenoxy) is 1. The first kappa shape index (κ1) is 22.1. The van der Waals surface area contributed by atoms with Crippen molar-refractivity contribution in [3.63, 3.8) is 0 Å². The van der Waals surface area contributed by atoms with Gasteiger partial charge in [-0.25, -0.2) is 9.37 Å². The van der Waals surface area contributed by atoms with E-state index in [4.69, 9.17) is 4.74 Å². The summed E-state index contributed by atoms with van der Waals surface area (Å²) in [6.45, 7) is 2.08. The van der Waals surface area contributed by atoms with Crippen molar-refractivity contribution in [2.45, 2.75) is 32.2 Å². The second-order valence-electron chi connectivity index (χ2n) is 7.08. The fourth-order valence-electron chi connectivity index (χ4n) is 2.76. The molecule has 0 saturated carbocycles. The third-order valence-electron chi connectivity index (χ3n) is 4.26. The third-order valence-corrected chi connectivity index (χ3v) is 4.26. The van der Waals surface area contributed by atoms with Gasteiger partial charge in [0.25, 0.3) is 11.8 Å². The Morgan fingerprint density at radius 3 is 2.32 bits per heavy atom. The fourth-order valence-corrected chi connectivity index (χ4v) is 2.76. The van der Waals surface area contributed by atoms with Gasteiger partial charge in [-0.15, -0.1) is 0 Å². The number of nitrogens with one attached hydrogen (secondary N) is 2. The van der Waals surface area contributed by atoms with Crippen molar-refractivity contribution in [2.75, 3.05) is 0 Å². The van der Waals surface area contributed by atoms with E-state index in [0.29, 0.717) is 0 Å². The molecule has 3 rings (SSSR count). The number of nitrogens with zero attached hydrogens (tertiary/aromatic N) is 2. The topological polar surface area (TPSA) is 85.3 Å². The molecule has 0 unspecified atom stereocenters. The van der Waals surface area contributed by atoms with Crippen LogP contribution in [-0.2, 0) is 22.3 Å². The summed E-state index contributed by atoms with van der Waals surface area (Å²) in [5.74, 6) is -3.16. The number of halogens is 4. The molecule has 31 heavy (non-hydrogen) atoms. The van der Waals surface area contributed by atoms with E-state index in [1.54, 1.807) is 0 Å². The van der Waals surface area contributed by atoms with Gasteiger partial charge in [0.05, 0.1) is 11.0 Å². The lowest BCUT2D eigenvalue weighted by atomic mass is 10.1. The molecule has 1 heterocycles. The van der Waals surface area contributed by atoms with Gasteiger partial charge in [0.2, 0.25) is 5.82 Å². The molecule has 0 spiro atoms. The Hall–Kier alpha value is -3.63. The zero-order valence-corrected chi connectivity index (χ0v) is 16.5. The van der Waals surface area contributed by atoms with Crippen LogP contribution in [0.3, 0.4) is 0 Å².